The lowest BCUT2D eigenvalue weighted by molar-refractivity contribution is 0.0811. The minimum atomic E-state index is 0.152. The lowest BCUT2D eigenvalue weighted by atomic mass is 9.80. The van der Waals surface area contributed by atoms with E-state index in [1.807, 2.05) is 0 Å². The molecule has 1 fully saturated rings. The van der Waals surface area contributed by atoms with E-state index in [1.165, 1.54) is 0 Å². The van der Waals surface area contributed by atoms with Crippen LogP contribution in [0.3, 0.4) is 0 Å². The van der Waals surface area contributed by atoms with Crippen molar-refractivity contribution in [2.75, 3.05) is 13.1 Å². The summed E-state index contributed by atoms with van der Waals surface area (Å²) < 4.78 is 5.29. The molecule has 1 unspecified atom stereocenters. The smallest absolute Gasteiger partial charge is 0.240 e. The fourth-order valence-electron chi connectivity index (χ4n) is 2.38. The maximum atomic E-state index is 6.13. The maximum absolute atomic E-state index is 6.13. The van der Waals surface area contributed by atoms with Crippen molar-refractivity contribution in [3.63, 3.8) is 0 Å². The molecule has 5 heteroatoms. The molecule has 1 saturated heterocycles. The fraction of sp³-hybridized carbons (Fsp3) is 0.846. The minimum absolute atomic E-state index is 0.152. The Balaban J connectivity index is 1.97. The number of hydrogen-bond acceptors (Lipinski definition) is 5. The first-order valence-electron chi connectivity index (χ1n) is 6.69. The van der Waals surface area contributed by atoms with Crippen molar-refractivity contribution in [2.45, 2.75) is 52.6 Å². The van der Waals surface area contributed by atoms with Crippen molar-refractivity contribution in [3.8, 4) is 0 Å². The first kappa shape index (κ1) is 13.5. The van der Waals surface area contributed by atoms with Gasteiger partial charge in [-0.15, -0.1) is 0 Å². The molecule has 0 aliphatic carbocycles. The first-order chi connectivity index (χ1) is 8.38. The van der Waals surface area contributed by atoms with Crippen LogP contribution in [0, 0.1) is 5.41 Å². The molecule has 0 spiro atoms. The monoisotopic (exact) mass is 252 g/mol. The second kappa shape index (κ2) is 4.97. The fourth-order valence-corrected chi connectivity index (χ4v) is 2.38. The third-order valence-corrected chi connectivity index (χ3v) is 3.75. The number of piperidine rings is 1. The summed E-state index contributed by atoms with van der Waals surface area (Å²) in [5.41, 5.74) is 6.29. The molecule has 2 rings (SSSR count). The third-order valence-electron chi connectivity index (χ3n) is 3.75. The number of rotatable bonds is 3. The standard InChI is InChI=1S/C13H24N4O/c1-9(2)12-15-11(18-16-12)7-17-6-5-10(14)13(3,4)8-17/h9-10H,5-8,14H2,1-4H3. The van der Waals surface area contributed by atoms with Crippen LogP contribution in [0.2, 0.25) is 0 Å². The number of aromatic nitrogens is 2. The summed E-state index contributed by atoms with van der Waals surface area (Å²) in [6.45, 7) is 11.3. The molecule has 1 aromatic heterocycles. The molecule has 5 nitrogen and oxygen atoms in total. The van der Waals surface area contributed by atoms with Crippen molar-refractivity contribution < 1.29 is 4.52 Å². The van der Waals surface area contributed by atoms with Crippen LogP contribution in [0.15, 0.2) is 4.52 Å². The molecule has 1 aliphatic rings. The van der Waals surface area contributed by atoms with Gasteiger partial charge in [-0.1, -0.05) is 32.9 Å². The van der Waals surface area contributed by atoms with Crippen molar-refractivity contribution in [1.29, 1.82) is 0 Å². The van der Waals surface area contributed by atoms with Crippen LogP contribution < -0.4 is 5.73 Å². The van der Waals surface area contributed by atoms with Crippen LogP contribution in [-0.4, -0.2) is 34.2 Å². The van der Waals surface area contributed by atoms with Gasteiger partial charge < -0.3 is 10.3 Å². The highest BCUT2D eigenvalue weighted by Gasteiger charge is 2.33. The third kappa shape index (κ3) is 2.90. The van der Waals surface area contributed by atoms with Gasteiger partial charge in [-0.3, -0.25) is 4.90 Å². The quantitative estimate of drug-likeness (QED) is 0.887. The van der Waals surface area contributed by atoms with Crippen LogP contribution >= 0.6 is 0 Å². The van der Waals surface area contributed by atoms with E-state index in [0.717, 1.165) is 31.9 Å². The van der Waals surface area contributed by atoms with Crippen molar-refractivity contribution >= 4 is 0 Å². The van der Waals surface area contributed by atoms with E-state index in [2.05, 4.69) is 42.7 Å². The molecule has 0 radical (unpaired) electrons. The summed E-state index contributed by atoms with van der Waals surface area (Å²) in [6.07, 6.45) is 1.03. The highest BCUT2D eigenvalue weighted by molar-refractivity contribution is 4.94. The molecule has 1 atom stereocenters. The summed E-state index contributed by atoms with van der Waals surface area (Å²) in [6, 6.07) is 0.280. The summed E-state index contributed by atoms with van der Waals surface area (Å²) >= 11 is 0. The van der Waals surface area contributed by atoms with Crippen LogP contribution in [0.4, 0.5) is 0 Å². The number of nitrogens with zero attached hydrogens (tertiary/aromatic N) is 3. The highest BCUT2D eigenvalue weighted by atomic mass is 16.5. The molecule has 2 heterocycles. The van der Waals surface area contributed by atoms with Gasteiger partial charge in [0.05, 0.1) is 6.54 Å². The Hall–Kier alpha value is -0.940. The molecule has 1 aromatic rings. The largest absolute Gasteiger partial charge is 0.338 e. The predicted molar refractivity (Wildman–Crippen MR) is 70.0 cm³/mol. The molecule has 18 heavy (non-hydrogen) atoms. The van der Waals surface area contributed by atoms with E-state index in [4.69, 9.17) is 10.3 Å². The van der Waals surface area contributed by atoms with E-state index < -0.39 is 0 Å². The van der Waals surface area contributed by atoms with Crippen molar-refractivity contribution in [2.24, 2.45) is 11.1 Å². The highest BCUT2D eigenvalue weighted by Crippen LogP contribution is 2.28. The van der Waals surface area contributed by atoms with E-state index in [9.17, 15) is 0 Å². The Morgan fingerprint density at radius 3 is 2.78 bits per heavy atom. The van der Waals surface area contributed by atoms with Crippen LogP contribution in [-0.2, 0) is 6.54 Å². The number of nitrogens with two attached hydrogens (primary N) is 1. The predicted octanol–water partition coefficient (Wildman–Crippen LogP) is 1.75. The lowest BCUT2D eigenvalue weighted by Gasteiger charge is -2.42. The van der Waals surface area contributed by atoms with E-state index in [1.54, 1.807) is 0 Å². The van der Waals surface area contributed by atoms with Gasteiger partial charge in [0, 0.05) is 25.0 Å². The molecule has 1 aliphatic heterocycles. The van der Waals surface area contributed by atoms with Gasteiger partial charge >= 0.3 is 0 Å². The normalized spacial score (nSPS) is 24.7. The average molecular weight is 252 g/mol. The summed E-state index contributed by atoms with van der Waals surface area (Å²) in [5.74, 6) is 1.82. The van der Waals surface area contributed by atoms with Gasteiger partial charge in [0.1, 0.15) is 0 Å². The van der Waals surface area contributed by atoms with Gasteiger partial charge in [0.15, 0.2) is 5.82 Å². The van der Waals surface area contributed by atoms with Gasteiger partial charge in [-0.05, 0) is 11.8 Å². The molecule has 0 aromatic carbocycles. The van der Waals surface area contributed by atoms with Gasteiger partial charge in [0.2, 0.25) is 5.89 Å². The summed E-state index contributed by atoms with van der Waals surface area (Å²) in [5, 5.41) is 4.00. The topological polar surface area (TPSA) is 68.2 Å². The molecule has 2 N–H and O–H groups in total. The second-order valence-electron chi connectivity index (χ2n) is 6.30. The Morgan fingerprint density at radius 2 is 2.22 bits per heavy atom. The number of hydrogen-bond donors (Lipinski definition) is 1. The molecular formula is C13H24N4O. The second-order valence-corrected chi connectivity index (χ2v) is 6.30. The van der Waals surface area contributed by atoms with Crippen LogP contribution in [0.5, 0.6) is 0 Å². The maximum Gasteiger partial charge on any atom is 0.240 e. The first-order valence-corrected chi connectivity index (χ1v) is 6.69. The van der Waals surface area contributed by atoms with Crippen LogP contribution in [0.1, 0.15) is 51.7 Å². The lowest BCUT2D eigenvalue weighted by Crippen LogP contribution is -2.52. The molecule has 102 valence electrons. The van der Waals surface area contributed by atoms with Crippen LogP contribution in [0.25, 0.3) is 0 Å². The van der Waals surface area contributed by atoms with Gasteiger partial charge in [-0.2, -0.15) is 4.98 Å². The Labute approximate surface area is 109 Å². The Morgan fingerprint density at radius 1 is 1.50 bits per heavy atom. The Kier molecular flexibility index (Phi) is 3.73. The van der Waals surface area contributed by atoms with Gasteiger partial charge in [-0.25, -0.2) is 0 Å². The molecular weight excluding hydrogens is 228 g/mol. The van der Waals surface area contributed by atoms with Crippen molar-refractivity contribution in [3.05, 3.63) is 11.7 Å². The Bertz CT molecular complexity index is 399. The minimum Gasteiger partial charge on any atom is -0.338 e. The molecule has 0 amide bonds. The van der Waals surface area contributed by atoms with Gasteiger partial charge in [0.25, 0.3) is 0 Å². The van der Waals surface area contributed by atoms with E-state index in [0.29, 0.717) is 11.8 Å². The summed E-state index contributed by atoms with van der Waals surface area (Å²) in [4.78, 5) is 6.77. The zero-order valence-electron chi connectivity index (χ0n) is 11.8. The van der Waals surface area contributed by atoms with E-state index in [-0.39, 0.29) is 11.5 Å². The zero-order chi connectivity index (χ0) is 13.3. The number of likely N-dealkylation sites (tertiary alicyclic amines) is 1. The SMILES string of the molecule is CC(C)c1noc(CN2CCC(N)C(C)(C)C2)n1. The van der Waals surface area contributed by atoms with E-state index >= 15 is 0 Å². The average Bonchev–Trinajstić information content (AvgIpc) is 2.72. The van der Waals surface area contributed by atoms with Crippen molar-refractivity contribution in [1.82, 2.24) is 15.0 Å². The zero-order valence-corrected chi connectivity index (χ0v) is 11.8. The summed E-state index contributed by atoms with van der Waals surface area (Å²) in [7, 11) is 0. The molecule has 0 bridgehead atoms. The molecule has 0 saturated carbocycles.